The maximum atomic E-state index is 10.9. The molecule has 2 nitrogen and oxygen atoms in total. The second-order valence-corrected chi connectivity index (χ2v) is 5.56. The molecule has 1 unspecified atom stereocenters. The third-order valence-corrected chi connectivity index (χ3v) is 2.71. The van der Waals surface area contributed by atoms with E-state index in [-0.39, 0.29) is 0 Å². The normalized spacial score (nSPS) is 15.5. The molecular formula is C9H13O2P. The summed E-state index contributed by atoms with van der Waals surface area (Å²) in [5.41, 5.74) is 1.12. The highest BCUT2D eigenvalue weighted by Crippen LogP contribution is 2.35. The molecule has 12 heavy (non-hydrogen) atoms. The van der Waals surface area contributed by atoms with E-state index in [1.807, 2.05) is 30.3 Å². The van der Waals surface area contributed by atoms with Crippen molar-refractivity contribution in [3.63, 3.8) is 0 Å². The maximum Gasteiger partial charge on any atom is 0.197 e. The molecule has 1 N–H and O–H groups in total. The molecule has 0 heterocycles. The Morgan fingerprint density at radius 1 is 1.33 bits per heavy atom. The van der Waals surface area contributed by atoms with Gasteiger partial charge in [0.2, 0.25) is 0 Å². The summed E-state index contributed by atoms with van der Waals surface area (Å²) in [5, 5.41) is 0. The van der Waals surface area contributed by atoms with E-state index < -0.39 is 7.37 Å². The molecule has 0 saturated heterocycles. The van der Waals surface area contributed by atoms with E-state index in [1.165, 1.54) is 6.66 Å². The molecule has 0 saturated carbocycles. The van der Waals surface area contributed by atoms with E-state index in [1.54, 1.807) is 0 Å². The van der Waals surface area contributed by atoms with Crippen LogP contribution in [0.4, 0.5) is 0 Å². The van der Waals surface area contributed by atoms with Gasteiger partial charge in [0.05, 0.1) is 0 Å². The fraction of sp³-hybridized carbons (Fsp3) is 0.333. The van der Waals surface area contributed by atoms with Crippen LogP contribution in [0.3, 0.4) is 0 Å². The molecule has 0 fully saturated rings. The number of hydrogen-bond acceptors (Lipinski definition) is 1. The van der Waals surface area contributed by atoms with Crippen LogP contribution in [0.5, 0.6) is 0 Å². The maximum absolute atomic E-state index is 10.9. The predicted molar refractivity (Wildman–Crippen MR) is 50.8 cm³/mol. The van der Waals surface area contributed by atoms with Crippen molar-refractivity contribution in [2.24, 2.45) is 0 Å². The Labute approximate surface area is 72.7 Å². The lowest BCUT2D eigenvalue weighted by molar-refractivity contribution is 0.484. The number of aryl methyl sites for hydroxylation is 1. The van der Waals surface area contributed by atoms with Gasteiger partial charge in [0, 0.05) is 12.8 Å². The van der Waals surface area contributed by atoms with Crippen molar-refractivity contribution >= 4 is 7.37 Å². The molecule has 1 aromatic rings. The fourth-order valence-electron chi connectivity index (χ4n) is 0.981. The smallest absolute Gasteiger partial charge is 0.197 e. The third-order valence-electron chi connectivity index (χ3n) is 1.66. The third kappa shape index (κ3) is 3.70. The van der Waals surface area contributed by atoms with E-state index in [0.29, 0.717) is 12.6 Å². The summed E-state index contributed by atoms with van der Waals surface area (Å²) in [6.45, 7) is 1.40. The summed E-state index contributed by atoms with van der Waals surface area (Å²) in [7, 11) is -2.83. The van der Waals surface area contributed by atoms with Crippen molar-refractivity contribution in [1.29, 1.82) is 0 Å². The van der Waals surface area contributed by atoms with Gasteiger partial charge in [0.15, 0.2) is 7.37 Å². The zero-order valence-electron chi connectivity index (χ0n) is 7.10. The minimum Gasteiger partial charge on any atom is -0.344 e. The first-order valence-electron chi connectivity index (χ1n) is 3.91. The molecule has 0 radical (unpaired) electrons. The van der Waals surface area contributed by atoms with Gasteiger partial charge in [-0.25, -0.2) is 0 Å². The second kappa shape index (κ2) is 3.88. The Bertz CT molecular complexity index is 276. The standard InChI is InChI=1S/C9H13O2P/c1-12(10,11)8-7-9-5-3-2-4-6-9/h2-6H,7-8H2,1H3,(H,10,11). The van der Waals surface area contributed by atoms with Crippen LogP contribution in [0, 0.1) is 0 Å². The van der Waals surface area contributed by atoms with Crippen molar-refractivity contribution in [2.75, 3.05) is 12.8 Å². The van der Waals surface area contributed by atoms with Crippen LogP contribution >= 0.6 is 7.37 Å². The quantitative estimate of drug-likeness (QED) is 0.730. The average Bonchev–Trinajstić information content (AvgIpc) is 2.02. The summed E-state index contributed by atoms with van der Waals surface area (Å²) in [4.78, 5) is 9.03. The minimum absolute atomic E-state index is 0.372. The topological polar surface area (TPSA) is 37.3 Å². The first kappa shape index (κ1) is 9.50. The van der Waals surface area contributed by atoms with E-state index in [0.717, 1.165) is 5.56 Å². The molecule has 1 rings (SSSR count). The first-order valence-corrected chi connectivity index (χ1v) is 6.20. The summed E-state index contributed by atoms with van der Waals surface area (Å²) in [6.07, 6.45) is 1.06. The largest absolute Gasteiger partial charge is 0.344 e. The van der Waals surface area contributed by atoms with Crippen molar-refractivity contribution in [1.82, 2.24) is 0 Å². The predicted octanol–water partition coefficient (Wildman–Crippen LogP) is 2.13. The fourth-order valence-corrected chi connectivity index (χ4v) is 1.65. The lowest BCUT2D eigenvalue weighted by Gasteiger charge is -2.04. The van der Waals surface area contributed by atoms with Gasteiger partial charge in [0.25, 0.3) is 0 Å². The Hall–Kier alpha value is -0.590. The zero-order valence-corrected chi connectivity index (χ0v) is 8.00. The van der Waals surface area contributed by atoms with Crippen LogP contribution in [0.25, 0.3) is 0 Å². The van der Waals surface area contributed by atoms with Crippen LogP contribution < -0.4 is 0 Å². The van der Waals surface area contributed by atoms with Gasteiger partial charge >= 0.3 is 0 Å². The SMILES string of the molecule is CP(=O)(O)CCc1ccccc1. The summed E-state index contributed by atoms with van der Waals surface area (Å²) >= 11 is 0. The van der Waals surface area contributed by atoms with E-state index in [4.69, 9.17) is 4.89 Å². The molecule has 1 aromatic carbocycles. The number of benzene rings is 1. The highest BCUT2D eigenvalue weighted by Gasteiger charge is 2.08. The van der Waals surface area contributed by atoms with Gasteiger partial charge in [-0.3, -0.25) is 4.57 Å². The monoisotopic (exact) mass is 184 g/mol. The van der Waals surface area contributed by atoms with Gasteiger partial charge in [-0.2, -0.15) is 0 Å². The van der Waals surface area contributed by atoms with Gasteiger partial charge in [-0.15, -0.1) is 0 Å². The molecule has 0 bridgehead atoms. The minimum atomic E-state index is -2.83. The summed E-state index contributed by atoms with van der Waals surface area (Å²) in [5.74, 6) is 0. The second-order valence-electron chi connectivity index (χ2n) is 3.01. The molecule has 0 amide bonds. The van der Waals surface area contributed by atoms with Crippen LogP contribution in [-0.4, -0.2) is 17.7 Å². The van der Waals surface area contributed by atoms with Crippen molar-refractivity contribution in [2.45, 2.75) is 6.42 Å². The summed E-state index contributed by atoms with van der Waals surface area (Å²) < 4.78 is 10.9. The van der Waals surface area contributed by atoms with E-state index >= 15 is 0 Å². The van der Waals surface area contributed by atoms with E-state index in [9.17, 15) is 4.57 Å². The Morgan fingerprint density at radius 2 is 1.92 bits per heavy atom. The van der Waals surface area contributed by atoms with Crippen molar-refractivity contribution in [3.8, 4) is 0 Å². The van der Waals surface area contributed by atoms with Gasteiger partial charge < -0.3 is 4.89 Å². The molecule has 3 heteroatoms. The van der Waals surface area contributed by atoms with Gasteiger partial charge in [0.1, 0.15) is 0 Å². The van der Waals surface area contributed by atoms with Crippen molar-refractivity contribution < 1.29 is 9.46 Å². The van der Waals surface area contributed by atoms with E-state index in [2.05, 4.69) is 0 Å². The molecule has 0 aromatic heterocycles. The lowest BCUT2D eigenvalue weighted by Crippen LogP contribution is -1.92. The zero-order chi connectivity index (χ0) is 9.03. The van der Waals surface area contributed by atoms with Crippen LogP contribution in [0.1, 0.15) is 5.56 Å². The highest BCUT2D eigenvalue weighted by molar-refractivity contribution is 7.57. The Kier molecular flexibility index (Phi) is 3.07. The summed E-state index contributed by atoms with van der Waals surface area (Å²) in [6, 6.07) is 9.75. The molecule has 0 aliphatic rings. The lowest BCUT2D eigenvalue weighted by atomic mass is 10.2. The van der Waals surface area contributed by atoms with Gasteiger partial charge in [-0.1, -0.05) is 30.3 Å². The molecule has 0 spiro atoms. The van der Waals surface area contributed by atoms with Crippen LogP contribution in [-0.2, 0) is 11.0 Å². The van der Waals surface area contributed by atoms with Crippen molar-refractivity contribution in [3.05, 3.63) is 35.9 Å². The Balaban J connectivity index is 2.50. The van der Waals surface area contributed by atoms with Gasteiger partial charge in [-0.05, 0) is 12.0 Å². The molecule has 0 aliphatic heterocycles. The molecule has 0 aliphatic carbocycles. The average molecular weight is 184 g/mol. The molecule has 66 valence electrons. The van der Waals surface area contributed by atoms with Crippen LogP contribution in [0.15, 0.2) is 30.3 Å². The molecule has 1 atom stereocenters. The van der Waals surface area contributed by atoms with Crippen LogP contribution in [0.2, 0.25) is 0 Å². The first-order chi connectivity index (χ1) is 5.58. The highest BCUT2D eigenvalue weighted by atomic mass is 31.2. The molecular weight excluding hydrogens is 171 g/mol. The number of rotatable bonds is 3. The number of hydrogen-bond donors (Lipinski definition) is 1. The Morgan fingerprint density at radius 3 is 2.42 bits per heavy atom.